The number of hydrogen-bond acceptors (Lipinski definition) is 5. The van der Waals surface area contributed by atoms with Crippen molar-refractivity contribution in [1.29, 1.82) is 0 Å². The highest BCUT2D eigenvalue weighted by molar-refractivity contribution is 5.99. The molecule has 2 atom stereocenters. The zero-order valence-electron chi connectivity index (χ0n) is 18.4. The number of carbonyl (C=O) groups is 1. The van der Waals surface area contributed by atoms with E-state index < -0.39 is 12.2 Å². The van der Waals surface area contributed by atoms with Gasteiger partial charge in [-0.3, -0.25) is 4.79 Å². The van der Waals surface area contributed by atoms with E-state index in [1.54, 1.807) is 12.1 Å². The summed E-state index contributed by atoms with van der Waals surface area (Å²) in [6.45, 7) is 5.57. The molecule has 0 radical (unpaired) electrons. The third-order valence-corrected chi connectivity index (χ3v) is 4.81. The van der Waals surface area contributed by atoms with Gasteiger partial charge in [0.1, 0.15) is 6.10 Å². The highest BCUT2D eigenvalue weighted by atomic mass is 35.5. The van der Waals surface area contributed by atoms with Gasteiger partial charge in [0.25, 0.3) is 0 Å². The summed E-state index contributed by atoms with van der Waals surface area (Å²) in [6.07, 6.45) is 0.191. The first-order valence-corrected chi connectivity index (χ1v) is 10.3. The maximum atomic E-state index is 13.1. The second kappa shape index (κ2) is 13.4. The van der Waals surface area contributed by atoms with Crippen LogP contribution < -0.4 is 10.2 Å². The van der Waals surface area contributed by atoms with E-state index in [4.69, 9.17) is 4.74 Å². The Morgan fingerprint density at radius 1 is 1.17 bits per heavy atom. The fraction of sp³-hybridized carbons (Fsp3) is 0.458. The van der Waals surface area contributed by atoms with Gasteiger partial charge in [0.2, 0.25) is 0 Å². The number of halogens is 1. The van der Waals surface area contributed by atoms with Crippen LogP contribution in [0.3, 0.4) is 0 Å². The number of hydrogen-bond donors (Lipinski definition) is 2. The molecule has 0 saturated carbocycles. The lowest BCUT2D eigenvalue weighted by Crippen LogP contribution is -2.35. The molecule has 2 unspecified atom stereocenters. The number of carbonyl (C=O) groups excluding carboxylic acids is 1. The highest BCUT2D eigenvalue weighted by Gasteiger charge is 2.23. The van der Waals surface area contributed by atoms with E-state index in [1.165, 1.54) is 0 Å². The Balaban J connectivity index is 0.00000450. The summed E-state index contributed by atoms with van der Waals surface area (Å²) in [5.74, 6) is -0.0614. The van der Waals surface area contributed by atoms with Crippen LogP contribution in [0.15, 0.2) is 48.5 Å². The van der Waals surface area contributed by atoms with Gasteiger partial charge < -0.3 is 20.1 Å². The van der Waals surface area contributed by atoms with Gasteiger partial charge in [0.15, 0.2) is 5.78 Å². The molecule has 0 bridgehead atoms. The van der Waals surface area contributed by atoms with Crippen molar-refractivity contribution in [2.75, 3.05) is 38.7 Å². The molecule has 0 saturated heterocycles. The van der Waals surface area contributed by atoms with Crippen molar-refractivity contribution in [2.24, 2.45) is 0 Å². The minimum atomic E-state index is -0.648. The molecule has 5 nitrogen and oxygen atoms in total. The minimum absolute atomic E-state index is 0. The summed E-state index contributed by atoms with van der Waals surface area (Å²) < 4.78 is 5.92. The molecule has 2 aromatic carbocycles. The molecular weight excluding hydrogens is 400 g/mol. The third kappa shape index (κ3) is 8.07. The molecule has 166 valence electrons. The number of nitrogens with one attached hydrogen (secondary N) is 1. The zero-order valence-corrected chi connectivity index (χ0v) is 19.2. The molecule has 0 amide bonds. The van der Waals surface area contributed by atoms with E-state index in [1.807, 2.05) is 38.4 Å². The first-order valence-electron chi connectivity index (χ1n) is 10.3. The normalized spacial score (nSPS) is 12.7. The summed E-state index contributed by atoms with van der Waals surface area (Å²) in [4.78, 5) is 15.1. The van der Waals surface area contributed by atoms with Gasteiger partial charge in [-0.2, -0.15) is 0 Å². The van der Waals surface area contributed by atoms with E-state index in [2.05, 4.69) is 36.2 Å². The third-order valence-electron chi connectivity index (χ3n) is 4.81. The van der Waals surface area contributed by atoms with Gasteiger partial charge in [-0.25, -0.2) is 0 Å². The average Bonchev–Trinajstić information content (AvgIpc) is 2.71. The number of ketones is 1. The van der Waals surface area contributed by atoms with Crippen molar-refractivity contribution in [3.8, 4) is 0 Å². The molecule has 0 aromatic heterocycles. The van der Waals surface area contributed by atoms with Crippen LogP contribution in [0.4, 0.5) is 5.69 Å². The van der Waals surface area contributed by atoms with Crippen molar-refractivity contribution in [2.45, 2.75) is 38.9 Å². The Labute approximate surface area is 186 Å². The van der Waals surface area contributed by atoms with Crippen LogP contribution in [0.25, 0.3) is 0 Å². The molecule has 2 rings (SSSR count). The zero-order chi connectivity index (χ0) is 21.2. The fourth-order valence-electron chi connectivity index (χ4n) is 3.31. The van der Waals surface area contributed by atoms with Crippen LogP contribution in [-0.4, -0.2) is 56.9 Å². The van der Waals surface area contributed by atoms with Crippen LogP contribution in [0.2, 0.25) is 0 Å². The largest absolute Gasteiger partial charge is 0.389 e. The van der Waals surface area contributed by atoms with Crippen LogP contribution in [-0.2, 0) is 11.2 Å². The molecule has 0 fully saturated rings. The predicted octanol–water partition coefficient (Wildman–Crippen LogP) is 3.65. The Kier molecular flexibility index (Phi) is 11.7. The first-order chi connectivity index (χ1) is 13.9. The molecule has 0 aliphatic rings. The van der Waals surface area contributed by atoms with Gasteiger partial charge in [0, 0.05) is 38.3 Å². The van der Waals surface area contributed by atoms with Gasteiger partial charge in [-0.05, 0) is 37.1 Å². The lowest BCUT2D eigenvalue weighted by atomic mass is 9.98. The Morgan fingerprint density at radius 3 is 2.47 bits per heavy atom. The summed E-state index contributed by atoms with van der Waals surface area (Å²) in [6, 6.07) is 15.4. The maximum Gasteiger partial charge on any atom is 0.191 e. The molecule has 0 heterocycles. The van der Waals surface area contributed by atoms with Crippen LogP contribution >= 0.6 is 12.4 Å². The molecule has 2 N–H and O–H groups in total. The van der Waals surface area contributed by atoms with Crippen molar-refractivity contribution < 1.29 is 14.6 Å². The van der Waals surface area contributed by atoms with Crippen LogP contribution in [0, 0.1) is 6.92 Å². The summed E-state index contributed by atoms with van der Waals surface area (Å²) in [5.41, 5.74) is 3.97. The van der Waals surface area contributed by atoms with E-state index in [0.29, 0.717) is 18.5 Å². The SMILES string of the molecule is CCCNCC(O)COC(Cc1ccc(N(C)C)c(C)c1)C(=O)c1ccccc1.Cl. The van der Waals surface area contributed by atoms with E-state index in [-0.39, 0.29) is 24.8 Å². The second-order valence-corrected chi connectivity index (χ2v) is 7.63. The van der Waals surface area contributed by atoms with Gasteiger partial charge in [-0.15, -0.1) is 12.4 Å². The van der Waals surface area contributed by atoms with Gasteiger partial charge in [-0.1, -0.05) is 49.4 Å². The number of benzene rings is 2. The average molecular weight is 435 g/mol. The number of rotatable bonds is 12. The number of aliphatic hydroxyl groups excluding tert-OH is 1. The molecule has 2 aromatic rings. The van der Waals surface area contributed by atoms with Crippen molar-refractivity contribution >= 4 is 23.9 Å². The van der Waals surface area contributed by atoms with E-state index in [0.717, 1.165) is 29.8 Å². The summed E-state index contributed by atoms with van der Waals surface area (Å²) in [7, 11) is 4.03. The molecular formula is C24H35ClN2O3. The topological polar surface area (TPSA) is 61.8 Å². The van der Waals surface area contributed by atoms with Crippen molar-refractivity contribution in [3.05, 3.63) is 65.2 Å². The molecule has 30 heavy (non-hydrogen) atoms. The molecule has 0 aliphatic heterocycles. The van der Waals surface area contributed by atoms with Crippen molar-refractivity contribution in [1.82, 2.24) is 5.32 Å². The fourth-order valence-corrected chi connectivity index (χ4v) is 3.31. The molecule has 6 heteroatoms. The number of aliphatic hydroxyl groups is 1. The second-order valence-electron chi connectivity index (χ2n) is 7.63. The maximum absolute atomic E-state index is 13.1. The number of aryl methyl sites for hydroxylation is 1. The number of anilines is 1. The Hall–Kier alpha value is -1.92. The highest BCUT2D eigenvalue weighted by Crippen LogP contribution is 2.21. The van der Waals surface area contributed by atoms with Crippen molar-refractivity contribution in [3.63, 3.8) is 0 Å². The summed E-state index contributed by atoms with van der Waals surface area (Å²) in [5, 5.41) is 13.4. The van der Waals surface area contributed by atoms with Crippen LogP contribution in [0.1, 0.15) is 34.8 Å². The first kappa shape index (κ1) is 26.1. The van der Waals surface area contributed by atoms with E-state index >= 15 is 0 Å². The molecule has 0 spiro atoms. The number of Topliss-reactive ketones (excluding diaryl/α,β-unsaturated/α-hetero) is 1. The lowest BCUT2D eigenvalue weighted by molar-refractivity contribution is -0.00163. The number of ether oxygens (including phenoxy) is 1. The van der Waals surface area contributed by atoms with Crippen LogP contribution in [0.5, 0.6) is 0 Å². The Morgan fingerprint density at radius 2 is 1.87 bits per heavy atom. The summed E-state index contributed by atoms with van der Waals surface area (Å²) >= 11 is 0. The lowest BCUT2D eigenvalue weighted by Gasteiger charge is -2.21. The quantitative estimate of drug-likeness (QED) is 0.394. The standard InChI is InChI=1S/C24H34N2O3.ClH/c1-5-13-25-16-21(27)17-29-23(24(28)20-9-7-6-8-10-20)15-19-11-12-22(26(3)4)18(2)14-19;/h6-12,14,21,23,25,27H,5,13,15-17H2,1-4H3;1H. The number of nitrogens with zero attached hydrogens (tertiary/aromatic N) is 1. The van der Waals surface area contributed by atoms with Gasteiger partial charge >= 0.3 is 0 Å². The monoisotopic (exact) mass is 434 g/mol. The molecule has 0 aliphatic carbocycles. The van der Waals surface area contributed by atoms with Gasteiger partial charge in [0.05, 0.1) is 12.7 Å². The van der Waals surface area contributed by atoms with E-state index in [9.17, 15) is 9.90 Å². The predicted molar refractivity (Wildman–Crippen MR) is 126 cm³/mol. The Bertz CT molecular complexity index is 768. The smallest absolute Gasteiger partial charge is 0.191 e. The minimum Gasteiger partial charge on any atom is -0.389 e.